The smallest absolute Gasteiger partial charge is 0.192 e. The Kier molecular flexibility index (Phi) is 9.45. The molecule has 7 nitrogen and oxygen atoms in total. The summed E-state index contributed by atoms with van der Waals surface area (Å²) in [6, 6.07) is 3.98. The van der Waals surface area contributed by atoms with E-state index in [-0.39, 0.29) is 33.4 Å². The Morgan fingerprint density at radius 2 is 1.30 bits per heavy atom. The summed E-state index contributed by atoms with van der Waals surface area (Å²) in [6.07, 6.45) is 0.192. The van der Waals surface area contributed by atoms with Crippen molar-refractivity contribution in [2.24, 2.45) is 0 Å². The van der Waals surface area contributed by atoms with E-state index < -0.39 is 31.1 Å². The molecule has 2 aromatic rings. The Hall–Kier alpha value is -0.599. The van der Waals surface area contributed by atoms with Crippen LogP contribution >= 0.6 is 11.6 Å². The largest absolute Gasteiger partial charge is 0.414 e. The van der Waals surface area contributed by atoms with E-state index in [9.17, 15) is 0 Å². The Balaban J connectivity index is 2.15. The van der Waals surface area contributed by atoms with Gasteiger partial charge in [0.25, 0.3) is 0 Å². The molecule has 0 spiro atoms. The number of rotatable bonds is 8. The Bertz CT molecular complexity index is 1180. The predicted octanol–water partition coefficient (Wildman–Crippen LogP) is 8.63. The lowest BCUT2D eigenvalue weighted by Crippen LogP contribution is -2.54. The summed E-state index contributed by atoms with van der Waals surface area (Å²) >= 11 is 6.45. The van der Waals surface area contributed by atoms with E-state index in [1.54, 1.807) is 0 Å². The fourth-order valence-corrected chi connectivity index (χ4v) is 7.86. The van der Waals surface area contributed by atoms with Gasteiger partial charge in [0.2, 0.25) is 0 Å². The first-order valence-corrected chi connectivity index (χ1v) is 23.6. The maximum absolute atomic E-state index is 7.26. The normalized spacial score (nSPS) is 23.8. The van der Waals surface area contributed by atoms with Crippen LogP contribution in [0.3, 0.4) is 0 Å². The molecule has 1 aliphatic heterocycles. The van der Waals surface area contributed by atoms with Crippen LogP contribution in [0.5, 0.6) is 0 Å². The van der Waals surface area contributed by atoms with E-state index in [0.717, 1.165) is 11.2 Å². The first-order chi connectivity index (χ1) is 17.9. The molecule has 1 fully saturated rings. The zero-order chi connectivity index (χ0) is 30.7. The van der Waals surface area contributed by atoms with Crippen LogP contribution in [-0.2, 0) is 18.0 Å². The van der Waals surface area contributed by atoms with Gasteiger partial charge in [0.15, 0.2) is 30.1 Å². The Morgan fingerprint density at radius 1 is 0.800 bits per heavy atom. The molecule has 0 bridgehead atoms. The molecule has 0 radical (unpaired) electrons. The summed E-state index contributed by atoms with van der Waals surface area (Å²) in [5.74, 6) is 0. The fourth-order valence-electron chi connectivity index (χ4n) is 4.05. The standard InChI is InChI=1S/C29H54ClN3O4Si3/c1-27(2,3)38(10,11)34-18-22-24(36-39(12,13)28(4,5)6)25(37-40(14,15)29(7,8)9)23(35-22)20-16-17-21-26(30)31-19-32-33(20)21/h16-17,19,22-25H,18H2,1-15H3/t22-,23-,24-,25-/m1/s1. The van der Waals surface area contributed by atoms with Gasteiger partial charge in [0.1, 0.15) is 36.3 Å². The van der Waals surface area contributed by atoms with Gasteiger partial charge in [-0.05, 0) is 66.5 Å². The molecular formula is C29H54ClN3O4Si3. The third-order valence-electron chi connectivity index (χ3n) is 9.92. The molecule has 2 aromatic heterocycles. The summed E-state index contributed by atoms with van der Waals surface area (Å²) < 4.78 is 30.1. The van der Waals surface area contributed by atoms with Crippen LogP contribution in [0.25, 0.3) is 5.52 Å². The van der Waals surface area contributed by atoms with Gasteiger partial charge >= 0.3 is 0 Å². The molecule has 11 heteroatoms. The van der Waals surface area contributed by atoms with Gasteiger partial charge in [0.05, 0.1) is 12.3 Å². The monoisotopic (exact) mass is 627 g/mol. The van der Waals surface area contributed by atoms with Crippen molar-refractivity contribution in [3.8, 4) is 0 Å². The second-order valence-corrected chi connectivity index (χ2v) is 30.6. The number of nitrogens with zero attached hydrogens (tertiary/aromatic N) is 3. The van der Waals surface area contributed by atoms with Crippen LogP contribution in [0.15, 0.2) is 18.5 Å². The Labute approximate surface area is 251 Å². The highest BCUT2D eigenvalue weighted by molar-refractivity contribution is 6.75. The van der Waals surface area contributed by atoms with Gasteiger partial charge in [-0.3, -0.25) is 0 Å². The van der Waals surface area contributed by atoms with E-state index in [0.29, 0.717) is 11.8 Å². The number of ether oxygens (including phenoxy) is 1. The number of halogens is 1. The van der Waals surface area contributed by atoms with Crippen molar-refractivity contribution in [3.05, 3.63) is 29.3 Å². The molecular weight excluding hydrogens is 574 g/mol. The van der Waals surface area contributed by atoms with Crippen molar-refractivity contribution in [2.45, 2.75) is 141 Å². The number of hydrogen-bond donors (Lipinski definition) is 0. The zero-order valence-corrected chi connectivity index (χ0v) is 31.4. The lowest BCUT2D eigenvalue weighted by atomic mass is 10.1. The molecule has 1 saturated heterocycles. The van der Waals surface area contributed by atoms with E-state index in [4.69, 9.17) is 29.6 Å². The highest BCUT2D eigenvalue weighted by atomic mass is 35.5. The number of hydrogen-bond acceptors (Lipinski definition) is 6. The first kappa shape index (κ1) is 33.9. The van der Waals surface area contributed by atoms with Gasteiger partial charge in [-0.2, -0.15) is 5.10 Å². The topological polar surface area (TPSA) is 67.1 Å². The molecule has 4 atom stereocenters. The summed E-state index contributed by atoms with van der Waals surface area (Å²) in [5, 5.41) is 5.09. The highest BCUT2D eigenvalue weighted by Crippen LogP contribution is 2.47. The fraction of sp³-hybridized carbons (Fsp3) is 0.793. The third-order valence-corrected chi connectivity index (χ3v) is 23.7. The molecule has 0 N–H and O–H groups in total. The van der Waals surface area contributed by atoms with E-state index in [1.165, 1.54) is 6.33 Å². The van der Waals surface area contributed by atoms with Crippen molar-refractivity contribution >= 4 is 42.1 Å². The van der Waals surface area contributed by atoms with E-state index in [1.807, 2.05) is 16.6 Å². The van der Waals surface area contributed by atoms with Crippen LogP contribution in [0.1, 0.15) is 74.1 Å². The summed E-state index contributed by atoms with van der Waals surface area (Å²) in [6.45, 7) is 34.6. The minimum absolute atomic E-state index is 0.0154. The summed E-state index contributed by atoms with van der Waals surface area (Å²) in [5.41, 5.74) is 1.64. The molecule has 1 aliphatic rings. The number of aromatic nitrogens is 3. The summed E-state index contributed by atoms with van der Waals surface area (Å²) in [7, 11) is -6.47. The SMILES string of the molecule is CC(C)(C)[Si](C)(C)OC[C@H]1O[C@H](c2ccc3c(Cl)ncnn23)[C@@H](O[Si](C)(C)C(C)(C)C)[C@@H]1O[Si](C)(C)C(C)(C)C. The van der Waals surface area contributed by atoms with Gasteiger partial charge in [-0.1, -0.05) is 73.9 Å². The van der Waals surface area contributed by atoms with Crippen molar-refractivity contribution in [1.82, 2.24) is 14.6 Å². The molecule has 0 unspecified atom stereocenters. The number of fused-ring (bicyclic) bond motifs is 1. The minimum atomic E-state index is -2.23. The minimum Gasteiger partial charge on any atom is -0.414 e. The zero-order valence-electron chi connectivity index (χ0n) is 27.6. The lowest BCUT2D eigenvalue weighted by molar-refractivity contribution is -0.0191. The van der Waals surface area contributed by atoms with Crippen molar-refractivity contribution in [3.63, 3.8) is 0 Å². The molecule has 228 valence electrons. The van der Waals surface area contributed by atoms with Gasteiger partial charge in [-0.25, -0.2) is 9.50 Å². The van der Waals surface area contributed by atoms with E-state index in [2.05, 4.69) is 112 Å². The van der Waals surface area contributed by atoms with Crippen LogP contribution in [-0.4, -0.2) is 64.5 Å². The second kappa shape index (κ2) is 11.2. The molecule has 3 rings (SSSR count). The molecule has 3 heterocycles. The second-order valence-electron chi connectivity index (χ2n) is 16.0. The lowest BCUT2D eigenvalue weighted by Gasteiger charge is -2.44. The molecule has 0 amide bonds. The van der Waals surface area contributed by atoms with Crippen LogP contribution in [0, 0.1) is 0 Å². The maximum atomic E-state index is 7.26. The maximum Gasteiger partial charge on any atom is 0.192 e. The van der Waals surface area contributed by atoms with Crippen molar-refractivity contribution in [1.29, 1.82) is 0 Å². The van der Waals surface area contributed by atoms with Crippen LogP contribution in [0.4, 0.5) is 0 Å². The van der Waals surface area contributed by atoms with Crippen LogP contribution in [0.2, 0.25) is 59.5 Å². The third kappa shape index (κ3) is 6.79. The summed E-state index contributed by atoms with van der Waals surface area (Å²) in [4.78, 5) is 4.18. The average Bonchev–Trinajstić information content (AvgIpc) is 3.32. The molecule has 0 aliphatic carbocycles. The van der Waals surface area contributed by atoms with Crippen LogP contribution < -0.4 is 0 Å². The predicted molar refractivity (Wildman–Crippen MR) is 173 cm³/mol. The van der Waals surface area contributed by atoms with Gasteiger partial charge in [0, 0.05) is 0 Å². The van der Waals surface area contributed by atoms with Crippen molar-refractivity contribution in [2.75, 3.05) is 6.61 Å². The molecule has 0 saturated carbocycles. The quantitative estimate of drug-likeness (QED) is 0.273. The average molecular weight is 628 g/mol. The first-order valence-electron chi connectivity index (χ1n) is 14.5. The molecule has 0 aromatic carbocycles. The van der Waals surface area contributed by atoms with Gasteiger partial charge < -0.3 is 18.0 Å². The van der Waals surface area contributed by atoms with Crippen molar-refractivity contribution < 1.29 is 18.0 Å². The Morgan fingerprint density at radius 3 is 1.80 bits per heavy atom. The highest BCUT2D eigenvalue weighted by Gasteiger charge is 2.55. The van der Waals surface area contributed by atoms with Gasteiger partial charge in [-0.15, -0.1) is 0 Å². The molecule has 40 heavy (non-hydrogen) atoms. The van der Waals surface area contributed by atoms with E-state index >= 15 is 0 Å².